The summed E-state index contributed by atoms with van der Waals surface area (Å²) in [7, 11) is 3.17. The summed E-state index contributed by atoms with van der Waals surface area (Å²) in [6.07, 6.45) is -0.653. The normalized spacial score (nSPS) is 14.0. The van der Waals surface area contributed by atoms with E-state index in [-0.39, 0.29) is 13.0 Å². The Morgan fingerprint density at radius 1 is 0.870 bits per heavy atom. The number of nitrogens with one attached hydrogen (secondary N) is 3. The van der Waals surface area contributed by atoms with E-state index in [1.165, 1.54) is 5.48 Å². The molecule has 0 aliphatic rings. The maximum absolute atomic E-state index is 13.7. The number of methoxy groups -OCH3 is 2. The molecule has 0 saturated carbocycles. The second-order valence-electron chi connectivity index (χ2n) is 12.5. The van der Waals surface area contributed by atoms with Gasteiger partial charge in [-0.2, -0.15) is 0 Å². The summed E-state index contributed by atoms with van der Waals surface area (Å²) in [6.45, 7) is 7.69. The van der Waals surface area contributed by atoms with Crippen molar-refractivity contribution in [3.63, 3.8) is 0 Å². The summed E-state index contributed by atoms with van der Waals surface area (Å²) in [5.41, 5.74) is 5.77. The zero-order valence-corrected chi connectivity index (χ0v) is 27.5. The number of hydrogen-bond donors (Lipinski definition) is 5. The van der Waals surface area contributed by atoms with Gasteiger partial charge in [0.05, 0.1) is 25.7 Å². The van der Waals surface area contributed by atoms with Crippen LogP contribution in [0.5, 0.6) is 5.75 Å². The fraction of sp³-hybridized carbons (Fsp3) is 0.417. The molecule has 0 radical (unpaired) electrons. The van der Waals surface area contributed by atoms with Crippen LogP contribution in [0.3, 0.4) is 0 Å². The predicted molar refractivity (Wildman–Crippen MR) is 176 cm³/mol. The first-order valence-corrected chi connectivity index (χ1v) is 15.4. The topological polar surface area (TPSA) is 146 Å². The summed E-state index contributed by atoms with van der Waals surface area (Å²) < 4.78 is 10.7. The van der Waals surface area contributed by atoms with E-state index in [1.807, 2.05) is 94.4 Å². The Balaban J connectivity index is 1.75. The number of hydrogen-bond acceptors (Lipinski definition) is 7. The van der Waals surface area contributed by atoms with E-state index < -0.39 is 47.2 Å². The molecule has 0 aliphatic carbocycles. The largest absolute Gasteiger partial charge is 0.497 e. The van der Waals surface area contributed by atoms with E-state index >= 15 is 0 Å². The minimum Gasteiger partial charge on any atom is -0.497 e. The molecule has 46 heavy (non-hydrogen) atoms. The molecule has 0 bridgehead atoms. The second-order valence-corrected chi connectivity index (χ2v) is 12.5. The van der Waals surface area contributed by atoms with E-state index in [4.69, 9.17) is 9.47 Å². The highest BCUT2D eigenvalue weighted by Gasteiger charge is 2.38. The van der Waals surface area contributed by atoms with Gasteiger partial charge in [0, 0.05) is 7.11 Å². The van der Waals surface area contributed by atoms with Crippen molar-refractivity contribution in [3.05, 3.63) is 89.5 Å². The average Bonchev–Trinajstić information content (AvgIpc) is 3.04. The maximum Gasteiger partial charge on any atom is 0.272 e. The summed E-state index contributed by atoms with van der Waals surface area (Å²) in [6, 6.07) is 21.9. The van der Waals surface area contributed by atoms with E-state index in [0.717, 1.165) is 33.6 Å². The van der Waals surface area contributed by atoms with Crippen molar-refractivity contribution < 1.29 is 34.2 Å². The second kappa shape index (κ2) is 16.9. The molecule has 3 aromatic carbocycles. The molecule has 3 amide bonds. The third-order valence-electron chi connectivity index (χ3n) is 8.02. The van der Waals surface area contributed by atoms with Crippen LogP contribution in [0.1, 0.15) is 56.3 Å². The quantitative estimate of drug-likeness (QED) is 0.122. The summed E-state index contributed by atoms with van der Waals surface area (Å²) in [4.78, 5) is 39.5. The highest BCUT2D eigenvalue weighted by Crippen LogP contribution is 2.28. The van der Waals surface area contributed by atoms with Crippen LogP contribution in [0.2, 0.25) is 0 Å². The molecule has 10 nitrogen and oxygen atoms in total. The molecule has 4 atom stereocenters. The standard InChI is InChI=1S/C36H47N3O7/c1-23-20-24(18-19-28(23)26-15-11-16-27(21-26)46-6)12-10-17-29(31(40)34(42)39-44)33(41)38-32(36(2,3)4)35(43)37-30(22-45-5)25-13-8-7-9-14-25/h7-9,11,13-16,18-21,29-32,40,44H,10,12,17,22H2,1-6H3,(H,37,43)(H,38,41)(H,39,42)/t29-,30?,31?,32-/m1/s1. The zero-order chi connectivity index (χ0) is 33.9. The number of benzene rings is 3. The SMILES string of the molecule is COCC(NC(=O)[C@@H](NC(=O)[C@H](CCCc1ccc(-c2cccc(OC)c2)c(C)c1)C(O)C(=O)NO)C(C)(C)C)c1ccccc1. The first-order chi connectivity index (χ1) is 21.9. The highest BCUT2D eigenvalue weighted by atomic mass is 16.5. The Kier molecular flexibility index (Phi) is 13.3. The van der Waals surface area contributed by atoms with Gasteiger partial charge in [-0.05, 0) is 71.6 Å². The Hall–Kier alpha value is -4.25. The van der Waals surface area contributed by atoms with Crippen molar-refractivity contribution in [2.45, 2.75) is 65.1 Å². The third-order valence-corrected chi connectivity index (χ3v) is 8.02. The minimum atomic E-state index is -1.82. The van der Waals surface area contributed by atoms with E-state index in [9.17, 15) is 24.7 Å². The number of aliphatic hydroxyl groups is 1. The van der Waals surface area contributed by atoms with Crippen LogP contribution in [-0.2, 0) is 25.5 Å². The maximum atomic E-state index is 13.7. The third kappa shape index (κ3) is 9.87. The number of ether oxygens (including phenoxy) is 2. The van der Waals surface area contributed by atoms with Gasteiger partial charge < -0.3 is 25.2 Å². The zero-order valence-electron chi connectivity index (χ0n) is 27.5. The number of hydroxylamine groups is 1. The van der Waals surface area contributed by atoms with Crippen LogP contribution in [0.15, 0.2) is 72.8 Å². The number of aliphatic hydroxyl groups excluding tert-OH is 1. The monoisotopic (exact) mass is 633 g/mol. The van der Waals surface area contributed by atoms with E-state index in [0.29, 0.717) is 12.8 Å². The lowest BCUT2D eigenvalue weighted by Gasteiger charge is -2.33. The van der Waals surface area contributed by atoms with Crippen molar-refractivity contribution in [3.8, 4) is 16.9 Å². The molecule has 0 saturated heterocycles. The number of carbonyl (C=O) groups is 3. The van der Waals surface area contributed by atoms with Crippen LogP contribution < -0.4 is 20.9 Å². The Morgan fingerprint density at radius 2 is 1.59 bits per heavy atom. The summed E-state index contributed by atoms with van der Waals surface area (Å²) in [5, 5.41) is 25.7. The number of amides is 3. The molecule has 5 N–H and O–H groups in total. The van der Waals surface area contributed by atoms with Gasteiger partial charge in [-0.3, -0.25) is 19.6 Å². The van der Waals surface area contributed by atoms with Crippen LogP contribution in [0.4, 0.5) is 0 Å². The Bertz CT molecular complexity index is 1460. The van der Waals surface area contributed by atoms with Crippen LogP contribution in [0, 0.1) is 18.3 Å². The minimum absolute atomic E-state index is 0.131. The fourth-order valence-corrected chi connectivity index (χ4v) is 5.46. The molecule has 10 heteroatoms. The fourth-order valence-electron chi connectivity index (χ4n) is 5.46. The molecule has 3 rings (SSSR count). The molecule has 248 valence electrons. The molecule has 0 heterocycles. The molecule has 0 aromatic heterocycles. The molecular formula is C36H47N3O7. The van der Waals surface area contributed by atoms with Gasteiger partial charge in [0.25, 0.3) is 5.91 Å². The smallest absolute Gasteiger partial charge is 0.272 e. The van der Waals surface area contributed by atoms with Gasteiger partial charge in [-0.25, -0.2) is 5.48 Å². The van der Waals surface area contributed by atoms with Crippen molar-refractivity contribution >= 4 is 17.7 Å². The first-order valence-electron chi connectivity index (χ1n) is 15.4. The predicted octanol–water partition coefficient (Wildman–Crippen LogP) is 4.51. The number of rotatable bonds is 15. The van der Waals surface area contributed by atoms with Crippen molar-refractivity contribution in [1.29, 1.82) is 0 Å². The lowest BCUT2D eigenvalue weighted by molar-refractivity contribution is -0.147. The van der Waals surface area contributed by atoms with Gasteiger partial charge in [0.2, 0.25) is 11.8 Å². The molecule has 3 aromatic rings. The first kappa shape index (κ1) is 36.2. The van der Waals surface area contributed by atoms with Crippen molar-refractivity contribution in [2.24, 2.45) is 11.3 Å². The van der Waals surface area contributed by atoms with Gasteiger partial charge in [0.15, 0.2) is 0 Å². The highest BCUT2D eigenvalue weighted by molar-refractivity contribution is 5.92. The molecule has 0 aliphatic heterocycles. The summed E-state index contributed by atoms with van der Waals surface area (Å²) >= 11 is 0. The van der Waals surface area contributed by atoms with Crippen molar-refractivity contribution in [2.75, 3.05) is 20.8 Å². The van der Waals surface area contributed by atoms with Crippen LogP contribution in [-0.4, -0.2) is 61.0 Å². The molecule has 0 spiro atoms. The molecule has 0 fully saturated rings. The van der Waals surface area contributed by atoms with E-state index in [1.54, 1.807) is 14.2 Å². The average molecular weight is 634 g/mol. The lowest BCUT2D eigenvalue weighted by atomic mass is 9.84. The van der Waals surface area contributed by atoms with Gasteiger partial charge in [0.1, 0.15) is 17.9 Å². The molecule has 2 unspecified atom stereocenters. The van der Waals surface area contributed by atoms with Crippen molar-refractivity contribution in [1.82, 2.24) is 16.1 Å². The lowest BCUT2D eigenvalue weighted by Crippen LogP contribution is -2.57. The number of carbonyl (C=O) groups excluding carboxylic acids is 3. The van der Waals surface area contributed by atoms with Gasteiger partial charge >= 0.3 is 0 Å². The summed E-state index contributed by atoms with van der Waals surface area (Å²) in [5.74, 6) is -2.64. The van der Waals surface area contributed by atoms with Gasteiger partial charge in [-0.1, -0.05) is 81.4 Å². The Labute approximate surface area is 271 Å². The Morgan fingerprint density at radius 3 is 2.20 bits per heavy atom. The van der Waals surface area contributed by atoms with Crippen LogP contribution >= 0.6 is 0 Å². The van der Waals surface area contributed by atoms with Crippen LogP contribution in [0.25, 0.3) is 11.1 Å². The molecular weight excluding hydrogens is 586 g/mol. The van der Waals surface area contributed by atoms with E-state index in [2.05, 4.69) is 16.7 Å². The number of aryl methyl sites for hydroxylation is 2. The van der Waals surface area contributed by atoms with Gasteiger partial charge in [-0.15, -0.1) is 0 Å².